The number of aromatic nitrogens is 2. The van der Waals surface area contributed by atoms with Crippen LogP contribution >= 0.6 is 0 Å². The van der Waals surface area contributed by atoms with E-state index in [1.54, 1.807) is 6.92 Å². The zero-order valence-corrected chi connectivity index (χ0v) is 19.7. The lowest BCUT2D eigenvalue weighted by Gasteiger charge is -2.47. The molecule has 3 heterocycles. The maximum absolute atomic E-state index is 14.6. The average molecular weight is 461 g/mol. The highest BCUT2D eigenvalue weighted by Gasteiger charge is 2.52. The predicted octanol–water partition coefficient (Wildman–Crippen LogP) is 4.84. The number of carbonyl (C=O) groups excluding carboxylic acids is 1. The maximum atomic E-state index is 14.6. The molecule has 2 saturated heterocycles. The van der Waals surface area contributed by atoms with Crippen molar-refractivity contribution in [1.82, 2.24) is 14.9 Å². The van der Waals surface area contributed by atoms with Crippen LogP contribution in [-0.4, -0.2) is 57.8 Å². The number of ether oxygens (including phenoxy) is 2. The predicted molar refractivity (Wildman–Crippen MR) is 121 cm³/mol. The van der Waals surface area contributed by atoms with E-state index < -0.39 is 22.8 Å². The van der Waals surface area contributed by atoms with Crippen molar-refractivity contribution in [2.45, 2.75) is 64.6 Å². The van der Waals surface area contributed by atoms with Crippen LogP contribution in [0.4, 0.5) is 19.4 Å². The van der Waals surface area contributed by atoms with Crippen molar-refractivity contribution >= 4 is 22.8 Å². The van der Waals surface area contributed by atoms with Crippen molar-refractivity contribution in [1.29, 1.82) is 0 Å². The molecule has 7 nitrogen and oxygen atoms in total. The van der Waals surface area contributed by atoms with Gasteiger partial charge in [-0.1, -0.05) is 6.58 Å². The summed E-state index contributed by atoms with van der Waals surface area (Å²) in [5.74, 6) is -1.10. The number of amides is 1. The Labute approximate surface area is 192 Å². The monoisotopic (exact) mass is 460 g/mol. The van der Waals surface area contributed by atoms with E-state index in [-0.39, 0.29) is 35.7 Å². The number of piperazine rings is 1. The molecule has 0 aliphatic carbocycles. The molecule has 33 heavy (non-hydrogen) atoms. The fourth-order valence-electron chi connectivity index (χ4n) is 4.68. The van der Waals surface area contributed by atoms with Crippen LogP contribution in [0.2, 0.25) is 0 Å². The number of rotatable bonds is 4. The Bertz CT molecular complexity index is 1120. The van der Waals surface area contributed by atoms with E-state index >= 15 is 0 Å². The molecule has 2 aliphatic rings. The molecule has 178 valence electrons. The topological polar surface area (TPSA) is 67.8 Å². The number of halogens is 2. The van der Waals surface area contributed by atoms with Crippen molar-refractivity contribution in [2.24, 2.45) is 0 Å². The van der Waals surface area contributed by atoms with Gasteiger partial charge >= 0.3 is 12.1 Å². The molecule has 9 heteroatoms. The second-order valence-corrected chi connectivity index (χ2v) is 10.3. The minimum atomic E-state index is -0.782. The Kier molecular flexibility index (Phi) is 5.70. The van der Waals surface area contributed by atoms with Crippen LogP contribution in [0.25, 0.3) is 10.9 Å². The fourth-order valence-corrected chi connectivity index (χ4v) is 4.68. The Morgan fingerprint density at radius 2 is 2.03 bits per heavy atom. The lowest BCUT2D eigenvalue weighted by atomic mass is 9.97. The average Bonchev–Trinajstić information content (AvgIpc) is 2.90. The molecule has 2 fully saturated rings. The van der Waals surface area contributed by atoms with Gasteiger partial charge in [-0.3, -0.25) is 4.90 Å². The molecule has 0 radical (unpaired) electrons. The van der Waals surface area contributed by atoms with Gasteiger partial charge in [-0.25, -0.2) is 13.6 Å². The van der Waals surface area contributed by atoms with Gasteiger partial charge in [-0.2, -0.15) is 9.97 Å². The number of anilines is 1. The van der Waals surface area contributed by atoms with E-state index in [1.807, 2.05) is 37.5 Å². The fraction of sp³-hybridized carbons (Fsp3) is 0.542. The van der Waals surface area contributed by atoms with Gasteiger partial charge in [0.25, 0.3) is 0 Å². The minimum absolute atomic E-state index is 0.00178. The molecule has 1 amide bonds. The van der Waals surface area contributed by atoms with Gasteiger partial charge in [0, 0.05) is 24.5 Å². The highest BCUT2D eigenvalue weighted by atomic mass is 19.1. The molecular weight excluding hydrogens is 430 g/mol. The van der Waals surface area contributed by atoms with E-state index in [0.717, 1.165) is 24.5 Å². The van der Waals surface area contributed by atoms with Gasteiger partial charge in [-0.05, 0) is 59.1 Å². The summed E-state index contributed by atoms with van der Waals surface area (Å²) in [6.45, 7) is 14.2. The summed E-state index contributed by atoms with van der Waals surface area (Å²) in [5, 5.41) is 0.267. The van der Waals surface area contributed by atoms with Gasteiger partial charge in [0.1, 0.15) is 29.4 Å². The number of carbonyl (C=O) groups is 1. The number of hydrogen-bond acceptors (Lipinski definition) is 6. The Morgan fingerprint density at radius 1 is 1.30 bits per heavy atom. The Hall–Kier alpha value is -2.97. The first-order chi connectivity index (χ1) is 15.4. The van der Waals surface area contributed by atoms with Gasteiger partial charge in [0.2, 0.25) is 0 Å². The summed E-state index contributed by atoms with van der Waals surface area (Å²) in [6.07, 6.45) is 1.25. The van der Waals surface area contributed by atoms with Gasteiger partial charge < -0.3 is 14.4 Å². The number of benzene rings is 1. The summed E-state index contributed by atoms with van der Waals surface area (Å²) in [6, 6.07) is 1.92. The molecule has 1 aromatic heterocycles. The third kappa shape index (κ3) is 4.58. The first-order valence-electron chi connectivity index (χ1n) is 11.1. The van der Waals surface area contributed by atoms with Crippen molar-refractivity contribution < 1.29 is 23.0 Å². The molecule has 2 bridgehead atoms. The third-order valence-electron chi connectivity index (χ3n) is 5.94. The smallest absolute Gasteiger partial charge is 0.411 e. The highest BCUT2D eigenvalue weighted by Crippen LogP contribution is 2.42. The van der Waals surface area contributed by atoms with Gasteiger partial charge in [0.05, 0.1) is 11.6 Å². The Morgan fingerprint density at radius 3 is 2.67 bits per heavy atom. The summed E-state index contributed by atoms with van der Waals surface area (Å²) in [4.78, 5) is 25.4. The normalized spacial score (nSPS) is 22.6. The first kappa shape index (κ1) is 23.2. The number of hydrogen-bond donors (Lipinski definition) is 0. The summed E-state index contributed by atoms with van der Waals surface area (Å²) < 4.78 is 40.0. The van der Waals surface area contributed by atoms with E-state index in [1.165, 1.54) is 6.07 Å². The molecule has 2 aliphatic heterocycles. The van der Waals surface area contributed by atoms with E-state index in [0.29, 0.717) is 18.9 Å². The van der Waals surface area contributed by atoms with E-state index in [9.17, 15) is 13.6 Å². The molecule has 2 aromatic rings. The molecule has 0 spiro atoms. The van der Waals surface area contributed by atoms with Crippen molar-refractivity contribution in [3.05, 3.63) is 35.9 Å². The SMILES string of the molecule is C=C(C)COc1nc(N2C[C@H]3CC[C@@](C)(C2)N3C(=O)OC(C)(C)C)c2cc(F)cc(F)c2n1. The van der Waals surface area contributed by atoms with Crippen LogP contribution < -0.4 is 9.64 Å². The lowest BCUT2D eigenvalue weighted by molar-refractivity contribution is -0.00280. The van der Waals surface area contributed by atoms with Crippen LogP contribution in [0, 0.1) is 11.6 Å². The number of fused-ring (bicyclic) bond motifs is 3. The highest BCUT2D eigenvalue weighted by molar-refractivity contribution is 5.90. The summed E-state index contributed by atoms with van der Waals surface area (Å²) >= 11 is 0. The van der Waals surface area contributed by atoms with Crippen molar-refractivity contribution in [3.8, 4) is 6.01 Å². The molecule has 0 N–H and O–H groups in total. The first-order valence-corrected chi connectivity index (χ1v) is 11.1. The second kappa shape index (κ2) is 8.11. The van der Waals surface area contributed by atoms with Gasteiger partial charge in [-0.15, -0.1) is 0 Å². The zero-order chi connectivity index (χ0) is 24.1. The van der Waals surface area contributed by atoms with Crippen LogP contribution in [0.1, 0.15) is 47.5 Å². The van der Waals surface area contributed by atoms with Crippen LogP contribution in [0.3, 0.4) is 0 Å². The molecule has 1 aromatic carbocycles. The van der Waals surface area contributed by atoms with E-state index in [4.69, 9.17) is 9.47 Å². The number of nitrogens with zero attached hydrogens (tertiary/aromatic N) is 4. The minimum Gasteiger partial charge on any atom is -0.459 e. The summed E-state index contributed by atoms with van der Waals surface area (Å²) in [7, 11) is 0. The molecule has 4 rings (SSSR count). The van der Waals surface area contributed by atoms with Crippen molar-refractivity contribution in [2.75, 3.05) is 24.6 Å². The quantitative estimate of drug-likeness (QED) is 0.608. The summed E-state index contributed by atoms with van der Waals surface area (Å²) in [5.41, 5.74) is -0.355. The van der Waals surface area contributed by atoms with Crippen molar-refractivity contribution in [3.63, 3.8) is 0 Å². The Balaban J connectivity index is 1.72. The standard InChI is InChI=1S/C24H30F2N4O3/c1-14(2)12-32-21-27-19-17(9-15(25)10-18(19)26)20(28-21)29-11-16-7-8-24(6,13-29)30(16)22(31)33-23(3,4)5/h9-10,16H,1,7-8,11-13H2,2-6H3/t16-,24+/m1/s1. The van der Waals surface area contributed by atoms with Gasteiger partial charge in [0.15, 0.2) is 5.82 Å². The molecular formula is C24H30F2N4O3. The molecule has 0 unspecified atom stereocenters. The van der Waals surface area contributed by atoms with Crippen LogP contribution in [-0.2, 0) is 4.74 Å². The zero-order valence-electron chi connectivity index (χ0n) is 19.7. The molecule has 0 saturated carbocycles. The second-order valence-electron chi connectivity index (χ2n) is 10.3. The van der Waals surface area contributed by atoms with Crippen LogP contribution in [0.15, 0.2) is 24.3 Å². The largest absolute Gasteiger partial charge is 0.459 e. The van der Waals surface area contributed by atoms with Crippen LogP contribution in [0.5, 0.6) is 6.01 Å². The maximum Gasteiger partial charge on any atom is 0.411 e. The lowest BCUT2D eigenvalue weighted by Crippen LogP contribution is -2.63. The third-order valence-corrected chi connectivity index (χ3v) is 5.94. The molecule has 2 atom stereocenters. The van der Waals surface area contributed by atoms with E-state index in [2.05, 4.69) is 16.5 Å².